The highest BCUT2D eigenvalue weighted by atomic mass is 15.3. The van der Waals surface area contributed by atoms with Crippen molar-refractivity contribution >= 4 is 0 Å². The van der Waals surface area contributed by atoms with E-state index in [1.807, 2.05) is 82.4 Å². The molecule has 3 aromatic heterocycles. The Labute approximate surface area is 216 Å². The third-order valence-electron chi connectivity index (χ3n) is 6.75. The second kappa shape index (κ2) is 9.36. The van der Waals surface area contributed by atoms with Gasteiger partial charge in [-0.15, -0.1) is 0 Å². The van der Waals surface area contributed by atoms with Crippen LogP contribution >= 0.6 is 0 Å². The molecule has 6 rings (SSSR count). The summed E-state index contributed by atoms with van der Waals surface area (Å²) in [6.45, 7) is 4.42. The van der Waals surface area contributed by atoms with Gasteiger partial charge < -0.3 is 0 Å². The van der Waals surface area contributed by atoms with Crippen LogP contribution in [0.3, 0.4) is 0 Å². The second-order valence-corrected chi connectivity index (χ2v) is 9.58. The van der Waals surface area contributed by atoms with Crippen LogP contribution in [0.2, 0.25) is 0 Å². The highest BCUT2D eigenvalue weighted by Gasteiger charge is 2.26. The molecule has 0 fully saturated rings. The number of hydrogen-bond acceptors (Lipinski definition) is 3. The lowest BCUT2D eigenvalue weighted by Crippen LogP contribution is -2.20. The molecule has 0 aliphatic heterocycles. The van der Waals surface area contributed by atoms with Gasteiger partial charge in [-0.2, -0.15) is 10.2 Å². The number of aromatic nitrogens is 5. The summed E-state index contributed by atoms with van der Waals surface area (Å²) in [4.78, 5) is 5.05. The Balaban J connectivity index is 1.30. The van der Waals surface area contributed by atoms with Crippen molar-refractivity contribution in [3.63, 3.8) is 0 Å². The monoisotopic (exact) mass is 481 g/mol. The molecule has 0 spiro atoms. The molecule has 5 heteroatoms. The van der Waals surface area contributed by atoms with E-state index in [1.165, 1.54) is 5.56 Å². The van der Waals surface area contributed by atoms with E-state index in [0.29, 0.717) is 0 Å². The summed E-state index contributed by atoms with van der Waals surface area (Å²) >= 11 is 0. The van der Waals surface area contributed by atoms with Crippen LogP contribution < -0.4 is 0 Å². The molecule has 0 aliphatic rings. The van der Waals surface area contributed by atoms with Gasteiger partial charge >= 0.3 is 0 Å². The first kappa shape index (κ1) is 22.7. The van der Waals surface area contributed by atoms with Crippen LogP contribution in [0, 0.1) is 0 Å². The molecule has 0 aliphatic carbocycles. The maximum absolute atomic E-state index is 5.05. The first-order valence-electron chi connectivity index (χ1n) is 12.4. The van der Waals surface area contributed by atoms with Crippen molar-refractivity contribution in [1.29, 1.82) is 0 Å². The van der Waals surface area contributed by atoms with Gasteiger partial charge in [0, 0.05) is 23.4 Å². The molecule has 3 aromatic carbocycles. The molecular formula is C32H27N5. The van der Waals surface area contributed by atoms with Crippen LogP contribution in [0.1, 0.15) is 25.1 Å². The van der Waals surface area contributed by atoms with Crippen molar-refractivity contribution in [3.05, 3.63) is 139 Å². The number of benzene rings is 3. The van der Waals surface area contributed by atoms with Gasteiger partial charge in [0.25, 0.3) is 0 Å². The molecule has 0 unspecified atom stereocenters. The van der Waals surface area contributed by atoms with Crippen molar-refractivity contribution < 1.29 is 0 Å². The van der Waals surface area contributed by atoms with E-state index < -0.39 is 0 Å². The summed E-state index contributed by atoms with van der Waals surface area (Å²) < 4.78 is 3.79. The third-order valence-corrected chi connectivity index (χ3v) is 6.75. The van der Waals surface area contributed by atoms with E-state index in [1.54, 1.807) is 0 Å². The summed E-state index contributed by atoms with van der Waals surface area (Å²) in [5.74, 6) is 0. The van der Waals surface area contributed by atoms with E-state index in [9.17, 15) is 0 Å². The van der Waals surface area contributed by atoms with Crippen molar-refractivity contribution in [2.24, 2.45) is 0 Å². The minimum atomic E-state index is -0.310. The highest BCUT2D eigenvalue weighted by Crippen LogP contribution is 2.33. The Morgan fingerprint density at radius 3 is 1.81 bits per heavy atom. The fourth-order valence-electron chi connectivity index (χ4n) is 4.53. The molecule has 180 valence electrons. The number of hydrogen-bond donors (Lipinski definition) is 0. The fraction of sp³-hybridized carbons (Fsp3) is 0.0938. The van der Waals surface area contributed by atoms with Gasteiger partial charge in [-0.3, -0.25) is 4.98 Å². The minimum absolute atomic E-state index is 0.310. The third kappa shape index (κ3) is 4.47. The van der Waals surface area contributed by atoms with Crippen LogP contribution in [0.5, 0.6) is 0 Å². The molecule has 0 N–H and O–H groups in total. The Morgan fingerprint density at radius 2 is 1.14 bits per heavy atom. The van der Waals surface area contributed by atoms with Gasteiger partial charge in [0.15, 0.2) is 0 Å². The van der Waals surface area contributed by atoms with Gasteiger partial charge in [0.1, 0.15) is 5.69 Å². The molecule has 3 heterocycles. The van der Waals surface area contributed by atoms with Gasteiger partial charge in [-0.25, -0.2) is 9.36 Å². The zero-order chi connectivity index (χ0) is 25.2. The van der Waals surface area contributed by atoms with Crippen LogP contribution in [0.15, 0.2) is 128 Å². The van der Waals surface area contributed by atoms with Gasteiger partial charge in [-0.1, -0.05) is 74.5 Å². The van der Waals surface area contributed by atoms with E-state index in [4.69, 9.17) is 15.2 Å². The fourth-order valence-corrected chi connectivity index (χ4v) is 4.53. The molecule has 6 aromatic rings. The topological polar surface area (TPSA) is 48.5 Å². The van der Waals surface area contributed by atoms with E-state index >= 15 is 0 Å². The molecule has 0 amide bonds. The van der Waals surface area contributed by atoms with Gasteiger partial charge in [0.05, 0.1) is 28.5 Å². The predicted octanol–water partition coefficient (Wildman–Crippen LogP) is 7.11. The normalized spacial score (nSPS) is 11.5. The first-order chi connectivity index (χ1) is 18.1. The lowest BCUT2D eigenvalue weighted by molar-refractivity contribution is 0.617. The van der Waals surface area contributed by atoms with E-state index in [-0.39, 0.29) is 5.41 Å². The molecule has 0 atom stereocenters. The first-order valence-corrected chi connectivity index (χ1v) is 12.4. The van der Waals surface area contributed by atoms with E-state index in [0.717, 1.165) is 39.7 Å². The Morgan fingerprint density at radius 1 is 0.541 bits per heavy atom. The SMILES string of the molecule is CC(C)(c1cccc(-c2ccn(-c3ccccc3)n2)c1)c1cccc(-c2ccn(-c3ccccc3)n2)n1. The van der Waals surface area contributed by atoms with Gasteiger partial charge in [0.2, 0.25) is 0 Å². The number of para-hydroxylation sites is 2. The second-order valence-electron chi connectivity index (χ2n) is 9.58. The Bertz CT molecular complexity index is 1520. The molecule has 0 saturated carbocycles. The predicted molar refractivity (Wildman–Crippen MR) is 148 cm³/mol. The Hall–Kier alpha value is -4.77. The number of pyridine rings is 1. The standard InChI is InChI=1S/C32H27N5/c1-32(2,25-12-9-11-24(23-25)28-19-21-36(34-28)26-13-5-3-6-14-26)31-18-10-17-29(33-31)30-20-22-37(35-30)27-15-7-4-8-16-27/h3-23H,1-2H3. The summed E-state index contributed by atoms with van der Waals surface area (Å²) in [6, 6.07) is 39.1. The zero-order valence-corrected chi connectivity index (χ0v) is 20.9. The highest BCUT2D eigenvalue weighted by molar-refractivity contribution is 5.61. The summed E-state index contributed by atoms with van der Waals surface area (Å²) in [5, 5.41) is 9.59. The largest absolute Gasteiger partial charge is 0.250 e. The summed E-state index contributed by atoms with van der Waals surface area (Å²) in [5.41, 5.74) is 7.66. The summed E-state index contributed by atoms with van der Waals surface area (Å²) in [7, 11) is 0. The lowest BCUT2D eigenvalue weighted by atomic mass is 9.80. The van der Waals surface area contributed by atoms with Gasteiger partial charge in [-0.05, 0) is 60.2 Å². The quantitative estimate of drug-likeness (QED) is 0.255. The zero-order valence-electron chi connectivity index (χ0n) is 20.9. The molecule has 0 radical (unpaired) electrons. The lowest BCUT2D eigenvalue weighted by Gasteiger charge is -2.25. The minimum Gasteiger partial charge on any atom is -0.250 e. The van der Waals surface area contributed by atoms with Crippen molar-refractivity contribution in [2.45, 2.75) is 19.3 Å². The number of nitrogens with zero attached hydrogens (tertiary/aromatic N) is 5. The van der Waals surface area contributed by atoms with Crippen molar-refractivity contribution in [2.75, 3.05) is 0 Å². The van der Waals surface area contributed by atoms with Crippen LogP contribution in [0.4, 0.5) is 0 Å². The van der Waals surface area contributed by atoms with Crippen LogP contribution in [-0.4, -0.2) is 24.5 Å². The Kier molecular flexibility index (Phi) is 5.73. The van der Waals surface area contributed by atoms with E-state index in [2.05, 4.69) is 68.4 Å². The molecule has 37 heavy (non-hydrogen) atoms. The molecule has 5 nitrogen and oxygen atoms in total. The van der Waals surface area contributed by atoms with Crippen molar-refractivity contribution in [3.8, 4) is 34.0 Å². The summed E-state index contributed by atoms with van der Waals surface area (Å²) in [6.07, 6.45) is 3.98. The average Bonchev–Trinajstić information content (AvgIpc) is 3.65. The molecular weight excluding hydrogens is 454 g/mol. The van der Waals surface area contributed by atoms with Crippen LogP contribution in [-0.2, 0) is 5.41 Å². The maximum atomic E-state index is 5.05. The molecule has 0 saturated heterocycles. The molecule has 0 bridgehead atoms. The van der Waals surface area contributed by atoms with Crippen LogP contribution in [0.25, 0.3) is 34.0 Å². The maximum Gasteiger partial charge on any atom is 0.111 e. The van der Waals surface area contributed by atoms with Crippen molar-refractivity contribution in [1.82, 2.24) is 24.5 Å². The average molecular weight is 482 g/mol. The smallest absolute Gasteiger partial charge is 0.111 e. The number of rotatable bonds is 6.